The van der Waals surface area contributed by atoms with E-state index in [0.717, 1.165) is 28.4 Å². The zero-order valence-electron chi connectivity index (χ0n) is 26.8. The van der Waals surface area contributed by atoms with Crippen LogP contribution in [0.2, 0.25) is 5.02 Å². The molecule has 2 aliphatic heterocycles. The van der Waals surface area contributed by atoms with Crippen LogP contribution < -0.4 is 15.4 Å². The number of amides is 1. The number of phenolic OH excluding ortho intramolecular Hbond substituents is 1. The molecule has 1 saturated heterocycles. The molecule has 8 nitrogen and oxygen atoms in total. The molecule has 44 heavy (non-hydrogen) atoms. The van der Waals surface area contributed by atoms with Crippen LogP contribution in [-0.4, -0.2) is 64.7 Å². The van der Waals surface area contributed by atoms with Crippen molar-refractivity contribution in [3.05, 3.63) is 87.5 Å². The van der Waals surface area contributed by atoms with Crippen LogP contribution in [0, 0.1) is 18.6 Å². The molecule has 0 radical (unpaired) electrons. The number of halogens is 3. The van der Waals surface area contributed by atoms with Crippen LogP contribution in [0.15, 0.2) is 54.0 Å². The average molecular weight is 621 g/mol. The van der Waals surface area contributed by atoms with Crippen LogP contribution >= 0.6 is 11.6 Å². The number of piperazine rings is 1. The Balaban J connectivity index is 1.64. The van der Waals surface area contributed by atoms with Crippen LogP contribution in [0.1, 0.15) is 34.1 Å². The zero-order chi connectivity index (χ0) is 33.5. The van der Waals surface area contributed by atoms with Gasteiger partial charge in [0.05, 0.1) is 39.2 Å². The molecule has 1 saturated carbocycles. The van der Waals surface area contributed by atoms with Crippen molar-refractivity contribution >= 4 is 39.8 Å². The van der Waals surface area contributed by atoms with Gasteiger partial charge in [-0.25, -0.2) is 8.78 Å². The third-order valence-corrected chi connectivity index (χ3v) is 9.10. The van der Waals surface area contributed by atoms with Crippen molar-refractivity contribution in [2.45, 2.75) is 31.7 Å². The average Bonchev–Trinajstić information content (AvgIpc) is 3.87. The summed E-state index contributed by atoms with van der Waals surface area (Å²) in [5.74, 6) is -2.86. The summed E-state index contributed by atoms with van der Waals surface area (Å²) in [6.07, 6.45) is 4.41. The van der Waals surface area contributed by atoms with Gasteiger partial charge in [0.2, 0.25) is 5.91 Å². The summed E-state index contributed by atoms with van der Waals surface area (Å²) in [5, 5.41) is 10.5. The van der Waals surface area contributed by atoms with Crippen molar-refractivity contribution in [2.24, 2.45) is 0 Å². The molecule has 0 unspecified atom stereocenters. The maximum absolute atomic E-state index is 17.4. The fourth-order valence-electron chi connectivity index (χ4n) is 6.64. The van der Waals surface area contributed by atoms with Gasteiger partial charge in [-0.05, 0) is 55.7 Å². The number of pyridine rings is 2. The first kappa shape index (κ1) is 24.9. The number of aryl methyl sites for hydroxylation is 1. The Hall–Kier alpha value is -4.44. The first-order valence-electron chi connectivity index (χ1n) is 15.8. The normalized spacial score (nSPS) is 19.2. The van der Waals surface area contributed by atoms with E-state index in [2.05, 4.69) is 11.6 Å². The smallest absolute Gasteiger partial charge is 0.281 e. The van der Waals surface area contributed by atoms with Crippen LogP contribution in [0.25, 0.3) is 27.7 Å². The number of anilines is 2. The molecule has 1 atom stereocenters. The summed E-state index contributed by atoms with van der Waals surface area (Å²) in [6, 6.07) is 6.03. The lowest BCUT2D eigenvalue weighted by molar-refractivity contribution is -0.126. The van der Waals surface area contributed by atoms with Crippen LogP contribution in [0.5, 0.6) is 5.75 Å². The molecule has 3 aliphatic rings. The standard InChI is InChI=1S/C33H30ClF2N5O3/c1-4-24(43)39-12-13-40-19(16-39)15-38(3)32-31(40)20-14-21(34)25(26-22(35)6-5-7-23(26)42)27(36)30(20)41(33(32)44)29-17(2)10-11-37-28(29)18-8-9-18/h4-7,10-11,14,18-19,42H,1,8-9,12-13,15-16H2,2-3H3/t19-/m0/s1/i3D3. The minimum atomic E-state index is -2.79. The Labute approximate surface area is 261 Å². The number of fused-ring (bicyclic) bond motifs is 5. The van der Waals surface area contributed by atoms with Gasteiger partial charge in [0.15, 0.2) is 5.82 Å². The van der Waals surface area contributed by atoms with E-state index in [0.29, 0.717) is 16.9 Å². The number of carbonyl (C=O) groups excluding carboxylic acids is 1. The molecule has 1 N–H and O–H groups in total. The second kappa shape index (κ2) is 10.3. The van der Waals surface area contributed by atoms with E-state index in [-0.39, 0.29) is 65.3 Å². The lowest BCUT2D eigenvalue weighted by Gasteiger charge is -2.49. The second-order valence-corrected chi connectivity index (χ2v) is 11.9. The van der Waals surface area contributed by atoms with E-state index in [1.807, 2.05) is 4.90 Å². The Morgan fingerprint density at radius 1 is 1.16 bits per heavy atom. The number of carbonyl (C=O) groups is 1. The maximum Gasteiger partial charge on any atom is 0.281 e. The van der Waals surface area contributed by atoms with Crippen LogP contribution in [0.3, 0.4) is 0 Å². The highest BCUT2D eigenvalue weighted by Crippen LogP contribution is 2.48. The number of aromatic nitrogens is 2. The molecule has 2 fully saturated rings. The summed E-state index contributed by atoms with van der Waals surface area (Å²) in [6.45, 7) is 2.98. The number of benzene rings is 2. The Morgan fingerprint density at radius 3 is 2.66 bits per heavy atom. The number of aromatic hydroxyl groups is 1. The number of phenols is 1. The lowest BCUT2D eigenvalue weighted by atomic mass is 9.96. The number of likely N-dealkylation sites (N-methyl/N-ethyl adjacent to an activating group) is 1. The SMILES string of the molecule is [2H]C([2H])([2H])N1C[C@H]2CN(C(=O)C=C)CCN2c2c1c(=O)n(-c1c(C)ccnc1C1CC1)c1c(F)c(-c3c(O)cccc3F)c(Cl)cc21. The Morgan fingerprint density at radius 2 is 1.95 bits per heavy atom. The molecule has 7 rings (SSSR count). The molecule has 4 heterocycles. The number of nitrogens with zero attached hydrogens (tertiary/aromatic N) is 5. The highest BCUT2D eigenvalue weighted by atomic mass is 35.5. The molecule has 2 aromatic carbocycles. The summed E-state index contributed by atoms with van der Waals surface area (Å²) in [5.41, 5.74) is -0.524. The van der Waals surface area contributed by atoms with Gasteiger partial charge in [0.1, 0.15) is 17.3 Å². The first-order valence-corrected chi connectivity index (χ1v) is 14.7. The predicted octanol–water partition coefficient (Wildman–Crippen LogP) is 5.53. The number of rotatable bonds is 4. The van der Waals surface area contributed by atoms with Gasteiger partial charge in [-0.1, -0.05) is 24.2 Å². The zero-order valence-corrected chi connectivity index (χ0v) is 24.5. The van der Waals surface area contributed by atoms with Crippen molar-refractivity contribution < 1.29 is 22.8 Å². The molecular weight excluding hydrogens is 588 g/mol. The van der Waals surface area contributed by atoms with E-state index in [9.17, 15) is 14.7 Å². The van der Waals surface area contributed by atoms with E-state index >= 15 is 8.78 Å². The molecule has 1 aliphatic carbocycles. The Kier molecular flexibility index (Phi) is 5.86. The molecule has 0 bridgehead atoms. The highest BCUT2D eigenvalue weighted by Gasteiger charge is 2.40. The van der Waals surface area contributed by atoms with Crippen molar-refractivity contribution in [1.82, 2.24) is 14.5 Å². The molecule has 0 spiro atoms. The molecule has 1 amide bonds. The maximum atomic E-state index is 17.4. The van der Waals surface area contributed by atoms with Gasteiger partial charge in [-0.3, -0.25) is 19.1 Å². The summed E-state index contributed by atoms with van der Waals surface area (Å²) < 4.78 is 59.2. The van der Waals surface area contributed by atoms with E-state index in [4.69, 9.17) is 15.7 Å². The molecule has 4 aromatic rings. The fourth-order valence-corrected chi connectivity index (χ4v) is 6.92. The summed E-state index contributed by atoms with van der Waals surface area (Å²) in [4.78, 5) is 36.5. The van der Waals surface area contributed by atoms with Crippen molar-refractivity contribution in [1.29, 1.82) is 0 Å². The first-order chi connectivity index (χ1) is 22.3. The second-order valence-electron chi connectivity index (χ2n) is 11.5. The third-order valence-electron chi connectivity index (χ3n) is 8.80. The molecule has 226 valence electrons. The van der Waals surface area contributed by atoms with Gasteiger partial charge in [0, 0.05) is 60.3 Å². The van der Waals surface area contributed by atoms with Crippen molar-refractivity contribution in [3.8, 4) is 22.6 Å². The minimum Gasteiger partial charge on any atom is -0.507 e. The fraction of sp³-hybridized carbons (Fsp3) is 0.303. The quantitative estimate of drug-likeness (QED) is 0.302. The largest absolute Gasteiger partial charge is 0.507 e. The van der Waals surface area contributed by atoms with Crippen LogP contribution in [0.4, 0.5) is 20.2 Å². The molecule has 11 heteroatoms. The van der Waals surface area contributed by atoms with Gasteiger partial charge in [0.25, 0.3) is 5.56 Å². The number of hydrogen-bond acceptors (Lipinski definition) is 6. The topological polar surface area (TPSA) is 81.9 Å². The van der Waals surface area contributed by atoms with Crippen LogP contribution in [-0.2, 0) is 4.79 Å². The van der Waals surface area contributed by atoms with Gasteiger partial charge >= 0.3 is 0 Å². The summed E-state index contributed by atoms with van der Waals surface area (Å²) in [7, 11) is 0. The van der Waals surface area contributed by atoms with Gasteiger partial charge < -0.3 is 19.8 Å². The van der Waals surface area contributed by atoms with E-state index in [1.165, 1.54) is 24.3 Å². The predicted molar refractivity (Wildman–Crippen MR) is 167 cm³/mol. The highest BCUT2D eigenvalue weighted by molar-refractivity contribution is 6.34. The third kappa shape index (κ3) is 4.18. The summed E-state index contributed by atoms with van der Waals surface area (Å²) >= 11 is 6.75. The van der Waals surface area contributed by atoms with E-state index < -0.39 is 47.1 Å². The van der Waals surface area contributed by atoms with Gasteiger partial charge in [-0.2, -0.15) is 0 Å². The Bertz CT molecular complexity index is 2050. The minimum absolute atomic E-state index is 0.00639. The lowest BCUT2D eigenvalue weighted by Crippen LogP contribution is -2.61. The van der Waals surface area contributed by atoms with E-state index in [1.54, 1.807) is 24.1 Å². The molecular formula is C33H30ClF2N5O3. The van der Waals surface area contributed by atoms with Crippen molar-refractivity contribution in [3.63, 3.8) is 0 Å². The number of hydrogen-bond donors (Lipinski definition) is 1. The molecule has 2 aromatic heterocycles. The van der Waals surface area contributed by atoms with Crippen molar-refractivity contribution in [2.75, 3.05) is 43.0 Å². The van der Waals surface area contributed by atoms with Gasteiger partial charge in [-0.15, -0.1) is 0 Å². The monoisotopic (exact) mass is 620 g/mol.